The quantitative estimate of drug-likeness (QED) is 0.478. The highest BCUT2D eigenvalue weighted by atomic mass is 19.4. The highest BCUT2D eigenvalue weighted by Crippen LogP contribution is 2.31. The first-order valence-electron chi connectivity index (χ1n) is 9.77. The van der Waals surface area contributed by atoms with E-state index >= 15 is 0 Å². The number of anilines is 1. The third-order valence-electron chi connectivity index (χ3n) is 4.28. The topological polar surface area (TPSA) is 104 Å². The van der Waals surface area contributed by atoms with Gasteiger partial charge in [-0.25, -0.2) is 4.79 Å². The summed E-state index contributed by atoms with van der Waals surface area (Å²) in [6, 6.07) is 11.6. The number of amides is 1. The smallest absolute Gasteiger partial charge is 0.416 e. The van der Waals surface area contributed by atoms with Crippen LogP contribution in [0.15, 0.2) is 42.5 Å². The summed E-state index contributed by atoms with van der Waals surface area (Å²) < 4.78 is 44.4. The zero-order valence-electron chi connectivity index (χ0n) is 18.0. The van der Waals surface area contributed by atoms with E-state index in [9.17, 15) is 23.2 Å². The third kappa shape index (κ3) is 6.20. The van der Waals surface area contributed by atoms with Crippen molar-refractivity contribution in [2.75, 3.05) is 5.32 Å². The Hall–Kier alpha value is -4.13. The van der Waals surface area contributed by atoms with Crippen molar-refractivity contribution in [1.29, 1.82) is 5.26 Å². The molecule has 0 aliphatic rings. The Morgan fingerprint density at radius 3 is 2.55 bits per heavy atom. The number of carbonyl (C=O) groups excluding carboxylic acids is 1. The first-order valence-corrected chi connectivity index (χ1v) is 9.77. The zero-order chi connectivity index (χ0) is 24.2. The highest BCUT2D eigenvalue weighted by molar-refractivity contribution is 5.91. The summed E-state index contributed by atoms with van der Waals surface area (Å²) >= 11 is 0. The molecule has 0 unspecified atom stereocenters. The van der Waals surface area contributed by atoms with Crippen molar-refractivity contribution < 1.29 is 22.7 Å². The lowest BCUT2D eigenvalue weighted by atomic mass is 10.0. The summed E-state index contributed by atoms with van der Waals surface area (Å²) in [6.07, 6.45) is -2.11. The fourth-order valence-electron chi connectivity index (χ4n) is 2.89. The average molecular weight is 455 g/mol. The Labute approximate surface area is 187 Å². The van der Waals surface area contributed by atoms with Gasteiger partial charge in [-0.05, 0) is 56.2 Å². The number of aromatic nitrogens is 3. The number of H-pyrrole nitrogens is 1. The number of nitriles is 1. The second-order valence-electron chi connectivity index (χ2n) is 8.02. The molecule has 10 heteroatoms. The van der Waals surface area contributed by atoms with E-state index in [1.807, 2.05) is 6.07 Å². The number of hydrogen-bond acceptors (Lipinski definition) is 5. The molecular weight excluding hydrogens is 435 g/mol. The van der Waals surface area contributed by atoms with Gasteiger partial charge in [-0.3, -0.25) is 5.32 Å². The van der Waals surface area contributed by atoms with E-state index < -0.39 is 23.4 Å². The average Bonchev–Trinajstić information content (AvgIpc) is 3.20. The normalized spacial score (nSPS) is 11.9. The molecule has 7 nitrogen and oxygen atoms in total. The minimum absolute atomic E-state index is 0.0793. The van der Waals surface area contributed by atoms with Crippen LogP contribution in [0.25, 0.3) is 23.4 Å². The van der Waals surface area contributed by atoms with E-state index in [1.54, 1.807) is 45.0 Å². The Kier molecular flexibility index (Phi) is 6.53. The van der Waals surface area contributed by atoms with Crippen LogP contribution in [-0.4, -0.2) is 27.1 Å². The molecule has 0 saturated heterocycles. The summed E-state index contributed by atoms with van der Waals surface area (Å²) in [5.74, 6) is 0. The summed E-state index contributed by atoms with van der Waals surface area (Å²) in [5, 5.41) is 22.0. The van der Waals surface area contributed by atoms with Crippen LogP contribution in [0, 0.1) is 11.3 Å². The molecule has 0 aliphatic heterocycles. The second kappa shape index (κ2) is 9.16. The monoisotopic (exact) mass is 455 g/mol. The first-order chi connectivity index (χ1) is 15.5. The van der Waals surface area contributed by atoms with Gasteiger partial charge in [0.05, 0.1) is 11.3 Å². The molecule has 0 atom stereocenters. The molecule has 0 spiro atoms. The first kappa shape index (κ1) is 23.5. The lowest BCUT2D eigenvalue weighted by Crippen LogP contribution is -2.27. The molecule has 0 bridgehead atoms. The summed E-state index contributed by atoms with van der Waals surface area (Å²) in [7, 11) is 0. The summed E-state index contributed by atoms with van der Waals surface area (Å²) in [5.41, 5.74) is 0.551. The number of rotatable bonds is 4. The molecule has 1 aromatic heterocycles. The zero-order valence-corrected chi connectivity index (χ0v) is 18.0. The van der Waals surface area contributed by atoms with E-state index in [4.69, 9.17) is 4.74 Å². The molecule has 0 fully saturated rings. The van der Waals surface area contributed by atoms with Gasteiger partial charge in [0.1, 0.15) is 17.4 Å². The SMILES string of the molecule is CC(C)(C)OC(=O)Nc1ccc(-c2n[nH]nc2C#N)cc1C=Cc1cccc(C(F)(F)F)c1. The number of alkyl halides is 3. The van der Waals surface area contributed by atoms with Crippen LogP contribution >= 0.6 is 0 Å². The molecule has 0 radical (unpaired) electrons. The maximum Gasteiger partial charge on any atom is 0.416 e. The number of carbonyl (C=O) groups is 1. The van der Waals surface area contributed by atoms with E-state index in [0.29, 0.717) is 28.1 Å². The number of nitrogens with zero attached hydrogens (tertiary/aromatic N) is 3. The largest absolute Gasteiger partial charge is 0.444 e. The van der Waals surface area contributed by atoms with E-state index in [1.165, 1.54) is 18.2 Å². The molecular formula is C23H20F3N5O2. The van der Waals surface area contributed by atoms with Crippen molar-refractivity contribution in [2.24, 2.45) is 0 Å². The maximum absolute atomic E-state index is 13.0. The number of halogens is 3. The molecule has 33 heavy (non-hydrogen) atoms. The van der Waals surface area contributed by atoms with Crippen molar-refractivity contribution in [3.63, 3.8) is 0 Å². The van der Waals surface area contributed by atoms with E-state index in [0.717, 1.165) is 12.1 Å². The molecule has 2 aromatic carbocycles. The standard InChI is InChI=1S/C23H20F3N5O2/c1-22(2,3)33-21(32)28-18-10-9-16(20-19(13-27)29-31-30-20)12-15(18)8-7-14-5-4-6-17(11-14)23(24,25)26/h4-12H,1-3H3,(H,28,32)(H,29,30,31). The Bertz CT molecular complexity index is 1230. The van der Waals surface area contributed by atoms with Crippen molar-refractivity contribution in [3.05, 3.63) is 64.8 Å². The van der Waals surface area contributed by atoms with Crippen LogP contribution < -0.4 is 5.32 Å². The summed E-state index contributed by atoms with van der Waals surface area (Å²) in [4.78, 5) is 12.3. The van der Waals surface area contributed by atoms with E-state index in [-0.39, 0.29) is 5.69 Å². The minimum Gasteiger partial charge on any atom is -0.444 e. The maximum atomic E-state index is 13.0. The number of nitrogens with one attached hydrogen (secondary N) is 2. The van der Waals surface area contributed by atoms with Gasteiger partial charge < -0.3 is 4.74 Å². The summed E-state index contributed by atoms with van der Waals surface area (Å²) in [6.45, 7) is 5.16. The number of ether oxygens (including phenoxy) is 1. The van der Waals surface area contributed by atoms with Gasteiger partial charge in [0, 0.05) is 5.56 Å². The van der Waals surface area contributed by atoms with Crippen molar-refractivity contribution in [3.8, 4) is 17.3 Å². The minimum atomic E-state index is -4.46. The fourth-order valence-corrected chi connectivity index (χ4v) is 2.89. The predicted molar refractivity (Wildman–Crippen MR) is 117 cm³/mol. The molecule has 2 N–H and O–H groups in total. The van der Waals surface area contributed by atoms with Gasteiger partial charge in [-0.2, -0.15) is 28.7 Å². The molecule has 170 valence electrons. The fraction of sp³-hybridized carbons (Fsp3) is 0.217. The van der Waals surface area contributed by atoms with Gasteiger partial charge in [0.2, 0.25) is 0 Å². The predicted octanol–water partition coefficient (Wildman–Crippen LogP) is 5.88. The lowest BCUT2D eigenvalue weighted by Gasteiger charge is -2.20. The third-order valence-corrected chi connectivity index (χ3v) is 4.28. The molecule has 3 aromatic rings. The van der Waals surface area contributed by atoms with Gasteiger partial charge >= 0.3 is 12.3 Å². The Morgan fingerprint density at radius 2 is 1.88 bits per heavy atom. The number of hydrogen-bond donors (Lipinski definition) is 2. The van der Waals surface area contributed by atoms with Crippen LogP contribution in [0.4, 0.5) is 23.7 Å². The van der Waals surface area contributed by atoms with Gasteiger partial charge in [0.25, 0.3) is 0 Å². The van der Waals surface area contributed by atoms with Gasteiger partial charge in [-0.1, -0.05) is 30.4 Å². The van der Waals surface area contributed by atoms with Crippen LogP contribution in [0.1, 0.15) is 43.2 Å². The van der Waals surface area contributed by atoms with Crippen LogP contribution in [0.3, 0.4) is 0 Å². The molecule has 1 heterocycles. The van der Waals surface area contributed by atoms with Crippen LogP contribution in [0.2, 0.25) is 0 Å². The van der Waals surface area contributed by atoms with E-state index in [2.05, 4.69) is 20.7 Å². The highest BCUT2D eigenvalue weighted by Gasteiger charge is 2.30. The van der Waals surface area contributed by atoms with Gasteiger partial charge in [-0.15, -0.1) is 5.10 Å². The van der Waals surface area contributed by atoms with Crippen molar-refractivity contribution >= 4 is 23.9 Å². The Balaban J connectivity index is 2.00. The van der Waals surface area contributed by atoms with Crippen LogP contribution in [0.5, 0.6) is 0 Å². The lowest BCUT2D eigenvalue weighted by molar-refractivity contribution is -0.137. The number of aromatic amines is 1. The van der Waals surface area contributed by atoms with Crippen molar-refractivity contribution in [2.45, 2.75) is 32.5 Å². The van der Waals surface area contributed by atoms with Crippen LogP contribution in [-0.2, 0) is 10.9 Å². The molecule has 0 saturated carbocycles. The molecule has 1 amide bonds. The molecule has 3 rings (SSSR count). The van der Waals surface area contributed by atoms with Crippen molar-refractivity contribution in [1.82, 2.24) is 15.4 Å². The number of benzene rings is 2. The second-order valence-corrected chi connectivity index (χ2v) is 8.02. The Morgan fingerprint density at radius 1 is 1.12 bits per heavy atom. The molecule has 0 aliphatic carbocycles. The van der Waals surface area contributed by atoms with Gasteiger partial charge in [0.15, 0.2) is 5.69 Å².